The van der Waals surface area contributed by atoms with Gasteiger partial charge in [0.05, 0.1) is 0 Å². The van der Waals surface area contributed by atoms with Crippen LogP contribution in [0.25, 0.3) is 0 Å². The molecule has 1 atom stereocenters. The lowest BCUT2D eigenvalue weighted by molar-refractivity contribution is 0.352. The molecule has 0 spiro atoms. The summed E-state index contributed by atoms with van der Waals surface area (Å²) in [6.45, 7) is 4.09. The van der Waals surface area contributed by atoms with Crippen molar-refractivity contribution in [2.75, 3.05) is 18.0 Å². The zero-order chi connectivity index (χ0) is 14.7. The van der Waals surface area contributed by atoms with Gasteiger partial charge in [0.15, 0.2) is 0 Å². The number of nitrogens with zero attached hydrogens (tertiary/aromatic N) is 3. The molecule has 5 heteroatoms. The minimum atomic E-state index is 0.285. The molecule has 0 saturated carbocycles. The van der Waals surface area contributed by atoms with E-state index in [-0.39, 0.29) is 6.04 Å². The first-order valence-electron chi connectivity index (χ1n) is 7.68. The molecule has 1 saturated heterocycles. The first kappa shape index (κ1) is 14.1. The Hall–Kier alpha value is -1.88. The second kappa shape index (κ2) is 6.26. The van der Waals surface area contributed by atoms with Crippen molar-refractivity contribution in [1.82, 2.24) is 15.2 Å². The van der Waals surface area contributed by atoms with Gasteiger partial charge in [-0.2, -0.15) is 4.98 Å². The number of nitrogens with two attached hydrogens (primary N) is 1. The molecule has 1 aromatic carbocycles. The SMILES string of the molecule is CC(N)C1CCN(c2n[nH]c(Cc3ccccc3)n2)CC1. The molecule has 1 aliphatic rings. The molecule has 0 aliphatic carbocycles. The number of hydrogen-bond acceptors (Lipinski definition) is 4. The van der Waals surface area contributed by atoms with E-state index in [4.69, 9.17) is 5.73 Å². The van der Waals surface area contributed by atoms with E-state index in [1.54, 1.807) is 0 Å². The smallest absolute Gasteiger partial charge is 0.244 e. The highest BCUT2D eigenvalue weighted by Gasteiger charge is 2.23. The van der Waals surface area contributed by atoms with Crippen LogP contribution in [0, 0.1) is 5.92 Å². The van der Waals surface area contributed by atoms with Crippen molar-refractivity contribution < 1.29 is 0 Å². The molecule has 0 amide bonds. The molecule has 5 nitrogen and oxygen atoms in total. The van der Waals surface area contributed by atoms with Gasteiger partial charge in [-0.05, 0) is 31.2 Å². The van der Waals surface area contributed by atoms with E-state index in [1.165, 1.54) is 5.56 Å². The highest BCUT2D eigenvalue weighted by atomic mass is 15.4. The number of benzene rings is 1. The maximum Gasteiger partial charge on any atom is 0.244 e. The predicted octanol–water partition coefficient (Wildman–Crippen LogP) is 1.96. The molecule has 112 valence electrons. The average Bonchev–Trinajstić information content (AvgIpc) is 2.97. The molecule has 0 radical (unpaired) electrons. The molecule has 1 aliphatic heterocycles. The van der Waals surface area contributed by atoms with Gasteiger partial charge < -0.3 is 10.6 Å². The van der Waals surface area contributed by atoms with Gasteiger partial charge in [0.25, 0.3) is 0 Å². The van der Waals surface area contributed by atoms with E-state index in [0.29, 0.717) is 5.92 Å². The maximum atomic E-state index is 5.99. The van der Waals surface area contributed by atoms with Gasteiger partial charge in [0.2, 0.25) is 5.95 Å². The molecular weight excluding hydrogens is 262 g/mol. The summed E-state index contributed by atoms with van der Waals surface area (Å²) in [4.78, 5) is 6.88. The third kappa shape index (κ3) is 3.42. The van der Waals surface area contributed by atoms with Gasteiger partial charge in [-0.3, -0.25) is 5.10 Å². The van der Waals surface area contributed by atoms with Crippen LogP contribution < -0.4 is 10.6 Å². The summed E-state index contributed by atoms with van der Waals surface area (Å²) in [6, 6.07) is 10.6. The lowest BCUT2D eigenvalue weighted by atomic mass is 9.91. The minimum Gasteiger partial charge on any atom is -0.340 e. The Bertz CT molecular complexity index is 555. The molecule has 3 N–H and O–H groups in total. The normalized spacial score (nSPS) is 17.9. The standard InChI is InChI=1S/C16H23N5/c1-12(17)14-7-9-21(10-8-14)16-18-15(19-20-16)11-13-5-3-2-4-6-13/h2-6,12,14H,7-11,17H2,1H3,(H,18,19,20). The fourth-order valence-corrected chi connectivity index (χ4v) is 2.92. The van der Waals surface area contributed by atoms with Crippen molar-refractivity contribution in [3.8, 4) is 0 Å². The molecule has 3 rings (SSSR count). The zero-order valence-electron chi connectivity index (χ0n) is 12.5. The van der Waals surface area contributed by atoms with Crippen LogP contribution in [-0.4, -0.2) is 34.3 Å². The van der Waals surface area contributed by atoms with Gasteiger partial charge in [-0.25, -0.2) is 0 Å². The number of H-pyrrole nitrogens is 1. The Morgan fingerprint density at radius 3 is 2.67 bits per heavy atom. The Labute approximate surface area is 125 Å². The van der Waals surface area contributed by atoms with E-state index < -0.39 is 0 Å². The molecule has 1 unspecified atom stereocenters. The van der Waals surface area contributed by atoms with E-state index in [1.807, 2.05) is 18.2 Å². The fourth-order valence-electron chi connectivity index (χ4n) is 2.92. The summed E-state index contributed by atoms with van der Waals surface area (Å²) in [7, 11) is 0. The van der Waals surface area contributed by atoms with Crippen LogP contribution in [0.4, 0.5) is 5.95 Å². The third-order valence-corrected chi connectivity index (χ3v) is 4.30. The molecule has 1 fully saturated rings. The van der Waals surface area contributed by atoms with Gasteiger partial charge in [-0.15, -0.1) is 5.10 Å². The Kier molecular flexibility index (Phi) is 4.20. The fraction of sp³-hybridized carbons (Fsp3) is 0.500. The van der Waals surface area contributed by atoms with Crippen LogP contribution in [0.15, 0.2) is 30.3 Å². The quantitative estimate of drug-likeness (QED) is 0.901. The zero-order valence-corrected chi connectivity index (χ0v) is 12.5. The summed E-state index contributed by atoms with van der Waals surface area (Å²) in [5.74, 6) is 2.37. The van der Waals surface area contributed by atoms with Crippen LogP contribution in [-0.2, 0) is 6.42 Å². The number of aromatic amines is 1. The topological polar surface area (TPSA) is 70.8 Å². The summed E-state index contributed by atoms with van der Waals surface area (Å²) >= 11 is 0. The maximum absolute atomic E-state index is 5.99. The molecule has 2 heterocycles. The monoisotopic (exact) mass is 285 g/mol. The predicted molar refractivity (Wildman–Crippen MR) is 84.2 cm³/mol. The summed E-state index contributed by atoms with van der Waals surface area (Å²) in [6.07, 6.45) is 3.05. The lowest BCUT2D eigenvalue weighted by Crippen LogP contribution is -2.40. The highest BCUT2D eigenvalue weighted by molar-refractivity contribution is 5.30. The van der Waals surface area contributed by atoms with Gasteiger partial charge in [0.1, 0.15) is 5.82 Å². The summed E-state index contributed by atoms with van der Waals surface area (Å²) in [5, 5.41) is 7.42. The second-order valence-electron chi connectivity index (χ2n) is 5.93. The largest absolute Gasteiger partial charge is 0.340 e. The number of rotatable bonds is 4. The van der Waals surface area contributed by atoms with Crippen LogP contribution >= 0.6 is 0 Å². The minimum absolute atomic E-state index is 0.285. The second-order valence-corrected chi connectivity index (χ2v) is 5.93. The number of anilines is 1. The van der Waals surface area contributed by atoms with Crippen molar-refractivity contribution in [1.29, 1.82) is 0 Å². The molecule has 21 heavy (non-hydrogen) atoms. The number of hydrogen-bond donors (Lipinski definition) is 2. The summed E-state index contributed by atoms with van der Waals surface area (Å²) < 4.78 is 0. The van der Waals surface area contributed by atoms with Crippen molar-refractivity contribution in [3.05, 3.63) is 41.7 Å². The first-order valence-corrected chi connectivity index (χ1v) is 7.68. The Morgan fingerprint density at radius 2 is 2.00 bits per heavy atom. The molecule has 2 aromatic rings. The Balaban J connectivity index is 1.61. The van der Waals surface area contributed by atoms with Crippen molar-refractivity contribution >= 4 is 5.95 Å². The average molecular weight is 285 g/mol. The van der Waals surface area contributed by atoms with E-state index in [9.17, 15) is 0 Å². The summed E-state index contributed by atoms with van der Waals surface area (Å²) in [5.41, 5.74) is 7.23. The van der Waals surface area contributed by atoms with E-state index in [2.05, 4.69) is 39.1 Å². The van der Waals surface area contributed by atoms with Crippen molar-refractivity contribution in [3.63, 3.8) is 0 Å². The first-order chi connectivity index (χ1) is 10.2. The number of nitrogens with one attached hydrogen (secondary N) is 1. The molecule has 1 aromatic heterocycles. The van der Waals surface area contributed by atoms with Crippen LogP contribution in [0.5, 0.6) is 0 Å². The van der Waals surface area contributed by atoms with Crippen molar-refractivity contribution in [2.24, 2.45) is 11.7 Å². The van der Waals surface area contributed by atoms with E-state index in [0.717, 1.165) is 44.1 Å². The van der Waals surface area contributed by atoms with Gasteiger partial charge >= 0.3 is 0 Å². The third-order valence-electron chi connectivity index (χ3n) is 4.30. The molecule has 0 bridgehead atoms. The molecular formula is C16H23N5. The van der Waals surface area contributed by atoms with E-state index >= 15 is 0 Å². The van der Waals surface area contributed by atoms with Crippen molar-refractivity contribution in [2.45, 2.75) is 32.2 Å². The van der Waals surface area contributed by atoms with Crippen LogP contribution in [0.2, 0.25) is 0 Å². The van der Waals surface area contributed by atoms with Gasteiger partial charge in [-0.1, -0.05) is 30.3 Å². The van der Waals surface area contributed by atoms with Crippen LogP contribution in [0.3, 0.4) is 0 Å². The lowest BCUT2D eigenvalue weighted by Gasteiger charge is -2.32. The number of piperidine rings is 1. The van der Waals surface area contributed by atoms with Gasteiger partial charge in [0, 0.05) is 25.6 Å². The van der Waals surface area contributed by atoms with Crippen LogP contribution in [0.1, 0.15) is 31.2 Å². The number of aromatic nitrogens is 3. The Morgan fingerprint density at radius 1 is 1.29 bits per heavy atom. The highest BCUT2D eigenvalue weighted by Crippen LogP contribution is 2.22.